The fourth-order valence-corrected chi connectivity index (χ4v) is 1.88. The van der Waals surface area contributed by atoms with Crippen molar-refractivity contribution in [3.8, 4) is 0 Å². The van der Waals surface area contributed by atoms with E-state index in [4.69, 9.17) is 4.74 Å². The SMILES string of the molecule is CNCCCCNCC1(C)CCCO1. The molecule has 3 heteroatoms. The fourth-order valence-electron chi connectivity index (χ4n) is 1.88. The van der Waals surface area contributed by atoms with Crippen LogP contribution in [-0.4, -0.2) is 38.9 Å². The highest BCUT2D eigenvalue weighted by Crippen LogP contribution is 2.23. The average molecular weight is 200 g/mol. The summed E-state index contributed by atoms with van der Waals surface area (Å²) < 4.78 is 5.69. The molecule has 1 aliphatic rings. The van der Waals surface area contributed by atoms with Gasteiger partial charge in [-0.15, -0.1) is 0 Å². The van der Waals surface area contributed by atoms with Crippen LogP contribution in [0, 0.1) is 0 Å². The second-order valence-corrected chi connectivity index (χ2v) is 4.39. The standard InChI is InChI=1S/C11H24N2O/c1-11(6-5-9-14-11)10-13-8-4-3-7-12-2/h12-13H,3-10H2,1-2H3. The Morgan fingerprint density at radius 1 is 1.29 bits per heavy atom. The topological polar surface area (TPSA) is 33.3 Å². The van der Waals surface area contributed by atoms with Gasteiger partial charge >= 0.3 is 0 Å². The molecule has 0 aliphatic carbocycles. The molecule has 1 rings (SSSR count). The summed E-state index contributed by atoms with van der Waals surface area (Å²) in [5.74, 6) is 0. The maximum absolute atomic E-state index is 5.69. The molecule has 1 heterocycles. The highest BCUT2D eigenvalue weighted by molar-refractivity contribution is 4.82. The Labute approximate surface area is 87.6 Å². The zero-order valence-electron chi connectivity index (χ0n) is 9.57. The lowest BCUT2D eigenvalue weighted by Crippen LogP contribution is -2.37. The van der Waals surface area contributed by atoms with Crippen LogP contribution in [0.4, 0.5) is 0 Å². The quantitative estimate of drug-likeness (QED) is 0.605. The molecule has 14 heavy (non-hydrogen) atoms. The molecule has 0 bridgehead atoms. The van der Waals surface area contributed by atoms with Crippen molar-refractivity contribution in [1.82, 2.24) is 10.6 Å². The molecule has 1 saturated heterocycles. The summed E-state index contributed by atoms with van der Waals surface area (Å²) in [7, 11) is 2.00. The van der Waals surface area contributed by atoms with Crippen LogP contribution in [0.5, 0.6) is 0 Å². The summed E-state index contributed by atoms with van der Waals surface area (Å²) in [6.07, 6.45) is 4.92. The van der Waals surface area contributed by atoms with E-state index in [0.717, 1.165) is 26.2 Å². The first-order valence-electron chi connectivity index (χ1n) is 5.76. The lowest BCUT2D eigenvalue weighted by Gasteiger charge is -2.23. The summed E-state index contributed by atoms with van der Waals surface area (Å²) in [5, 5.41) is 6.63. The third kappa shape index (κ3) is 4.40. The maximum Gasteiger partial charge on any atom is 0.0779 e. The normalized spacial score (nSPS) is 27.0. The molecular weight excluding hydrogens is 176 g/mol. The third-order valence-corrected chi connectivity index (χ3v) is 2.83. The predicted molar refractivity (Wildman–Crippen MR) is 59.6 cm³/mol. The first-order valence-corrected chi connectivity index (χ1v) is 5.76. The van der Waals surface area contributed by atoms with Gasteiger partial charge in [0, 0.05) is 13.2 Å². The summed E-state index contributed by atoms with van der Waals surface area (Å²) >= 11 is 0. The van der Waals surface area contributed by atoms with E-state index in [1.807, 2.05) is 7.05 Å². The van der Waals surface area contributed by atoms with E-state index < -0.39 is 0 Å². The number of nitrogens with one attached hydrogen (secondary N) is 2. The molecule has 3 nitrogen and oxygen atoms in total. The minimum absolute atomic E-state index is 0.114. The van der Waals surface area contributed by atoms with Crippen molar-refractivity contribution in [2.75, 3.05) is 33.3 Å². The van der Waals surface area contributed by atoms with E-state index in [-0.39, 0.29) is 5.60 Å². The van der Waals surface area contributed by atoms with Gasteiger partial charge in [0.15, 0.2) is 0 Å². The summed E-state index contributed by atoms with van der Waals surface area (Å²) in [6.45, 7) is 6.39. The van der Waals surface area contributed by atoms with Crippen LogP contribution in [0.15, 0.2) is 0 Å². The van der Waals surface area contributed by atoms with Crippen molar-refractivity contribution in [2.45, 2.75) is 38.2 Å². The summed E-state index contributed by atoms with van der Waals surface area (Å²) in [5.41, 5.74) is 0.114. The molecule has 0 amide bonds. The molecule has 0 aromatic heterocycles. The van der Waals surface area contributed by atoms with E-state index in [1.165, 1.54) is 25.7 Å². The molecule has 0 radical (unpaired) electrons. The molecule has 0 spiro atoms. The van der Waals surface area contributed by atoms with Crippen molar-refractivity contribution >= 4 is 0 Å². The zero-order valence-corrected chi connectivity index (χ0v) is 9.57. The van der Waals surface area contributed by atoms with Gasteiger partial charge in [-0.2, -0.15) is 0 Å². The van der Waals surface area contributed by atoms with Gasteiger partial charge in [-0.05, 0) is 52.7 Å². The first kappa shape index (κ1) is 12.0. The number of unbranched alkanes of at least 4 members (excludes halogenated alkanes) is 1. The summed E-state index contributed by atoms with van der Waals surface area (Å²) in [4.78, 5) is 0. The summed E-state index contributed by atoms with van der Waals surface area (Å²) in [6, 6.07) is 0. The Balaban J connectivity index is 1.92. The van der Waals surface area contributed by atoms with E-state index in [0.29, 0.717) is 0 Å². The van der Waals surface area contributed by atoms with E-state index in [2.05, 4.69) is 17.6 Å². The van der Waals surface area contributed by atoms with Crippen molar-refractivity contribution < 1.29 is 4.74 Å². The second kappa shape index (κ2) is 6.38. The molecule has 1 aliphatic heterocycles. The van der Waals surface area contributed by atoms with E-state index in [1.54, 1.807) is 0 Å². The number of rotatable bonds is 7. The van der Waals surface area contributed by atoms with Crippen molar-refractivity contribution in [3.63, 3.8) is 0 Å². The molecule has 0 saturated carbocycles. The smallest absolute Gasteiger partial charge is 0.0779 e. The lowest BCUT2D eigenvalue weighted by molar-refractivity contribution is 0.0210. The Kier molecular flexibility index (Phi) is 5.45. The van der Waals surface area contributed by atoms with Gasteiger partial charge in [0.05, 0.1) is 5.60 Å². The highest BCUT2D eigenvalue weighted by atomic mass is 16.5. The Hall–Kier alpha value is -0.120. The monoisotopic (exact) mass is 200 g/mol. The van der Waals surface area contributed by atoms with Crippen LogP contribution >= 0.6 is 0 Å². The first-order chi connectivity index (χ1) is 6.77. The number of hydrogen-bond acceptors (Lipinski definition) is 3. The van der Waals surface area contributed by atoms with Gasteiger partial charge < -0.3 is 15.4 Å². The van der Waals surface area contributed by atoms with Crippen LogP contribution in [0.2, 0.25) is 0 Å². The molecule has 0 aromatic carbocycles. The maximum atomic E-state index is 5.69. The number of hydrogen-bond donors (Lipinski definition) is 2. The Bertz CT molecular complexity index is 144. The van der Waals surface area contributed by atoms with Gasteiger partial charge in [-0.1, -0.05) is 0 Å². The third-order valence-electron chi connectivity index (χ3n) is 2.83. The molecule has 1 fully saturated rings. The minimum atomic E-state index is 0.114. The van der Waals surface area contributed by atoms with Crippen LogP contribution in [0.25, 0.3) is 0 Å². The number of ether oxygens (including phenoxy) is 1. The highest BCUT2D eigenvalue weighted by Gasteiger charge is 2.28. The van der Waals surface area contributed by atoms with Crippen molar-refractivity contribution in [3.05, 3.63) is 0 Å². The van der Waals surface area contributed by atoms with Crippen LogP contribution in [0.3, 0.4) is 0 Å². The fraction of sp³-hybridized carbons (Fsp3) is 1.00. The molecule has 1 atom stereocenters. The molecular formula is C11H24N2O. The van der Waals surface area contributed by atoms with Gasteiger partial charge in [0.2, 0.25) is 0 Å². The van der Waals surface area contributed by atoms with Gasteiger partial charge in [-0.3, -0.25) is 0 Å². The van der Waals surface area contributed by atoms with Crippen molar-refractivity contribution in [2.24, 2.45) is 0 Å². The zero-order chi connectivity index (χ0) is 10.3. The van der Waals surface area contributed by atoms with E-state index in [9.17, 15) is 0 Å². The average Bonchev–Trinajstić information content (AvgIpc) is 2.59. The van der Waals surface area contributed by atoms with Crippen LogP contribution < -0.4 is 10.6 Å². The largest absolute Gasteiger partial charge is 0.374 e. The molecule has 84 valence electrons. The van der Waals surface area contributed by atoms with Crippen LogP contribution in [0.1, 0.15) is 32.6 Å². The molecule has 2 N–H and O–H groups in total. The van der Waals surface area contributed by atoms with Crippen LogP contribution in [-0.2, 0) is 4.74 Å². The van der Waals surface area contributed by atoms with Gasteiger partial charge in [0.25, 0.3) is 0 Å². The van der Waals surface area contributed by atoms with Gasteiger partial charge in [0.1, 0.15) is 0 Å². The second-order valence-electron chi connectivity index (χ2n) is 4.39. The molecule has 1 unspecified atom stereocenters. The molecule has 0 aromatic rings. The minimum Gasteiger partial charge on any atom is -0.374 e. The predicted octanol–water partition coefficient (Wildman–Crippen LogP) is 1.14. The van der Waals surface area contributed by atoms with Crippen molar-refractivity contribution in [1.29, 1.82) is 0 Å². The lowest BCUT2D eigenvalue weighted by atomic mass is 10.0. The Morgan fingerprint density at radius 2 is 2.07 bits per heavy atom. The Morgan fingerprint density at radius 3 is 2.71 bits per heavy atom. The van der Waals surface area contributed by atoms with E-state index >= 15 is 0 Å². The van der Waals surface area contributed by atoms with Gasteiger partial charge in [-0.25, -0.2) is 0 Å².